The van der Waals surface area contributed by atoms with Gasteiger partial charge in [0.15, 0.2) is 0 Å². The molecule has 0 aromatic heterocycles. The fraction of sp³-hybridized carbons (Fsp3) is 0.368. The van der Waals surface area contributed by atoms with Gasteiger partial charge in [0.1, 0.15) is 29.3 Å². The Bertz CT molecular complexity index is 815. The van der Waals surface area contributed by atoms with Gasteiger partial charge in [0, 0.05) is 31.7 Å². The second-order valence-electron chi connectivity index (χ2n) is 6.31. The van der Waals surface area contributed by atoms with Gasteiger partial charge in [-0.1, -0.05) is 29.8 Å². The minimum atomic E-state index is -0.698. The monoisotopic (exact) mass is 377 g/mol. The number of esters is 1. The number of fused-ring (bicyclic) bond motifs is 2. The first-order valence-electron chi connectivity index (χ1n) is 8.31. The third-order valence-electron chi connectivity index (χ3n) is 4.37. The van der Waals surface area contributed by atoms with Gasteiger partial charge in [0.2, 0.25) is 0 Å². The van der Waals surface area contributed by atoms with Gasteiger partial charge >= 0.3 is 5.97 Å². The number of aromatic hydroxyl groups is 2. The zero-order valence-corrected chi connectivity index (χ0v) is 15.2. The molecule has 1 aromatic carbocycles. The third-order valence-corrected chi connectivity index (χ3v) is 4.79. The maximum absolute atomic E-state index is 12.7. The average Bonchev–Trinajstić information content (AvgIpc) is 3.31. The molecule has 0 amide bonds. The highest BCUT2D eigenvalue weighted by molar-refractivity contribution is 6.33. The van der Waals surface area contributed by atoms with Crippen LogP contribution >= 0.6 is 11.6 Å². The highest BCUT2D eigenvalue weighted by Crippen LogP contribution is 2.37. The maximum atomic E-state index is 12.7. The fourth-order valence-corrected chi connectivity index (χ4v) is 3.16. The Morgan fingerprint density at radius 1 is 1.27 bits per heavy atom. The van der Waals surface area contributed by atoms with Gasteiger partial charge in [-0.15, -0.1) is 0 Å². The molecular formula is C19H20ClNO5. The van der Waals surface area contributed by atoms with E-state index < -0.39 is 12.1 Å². The number of benzene rings is 1. The Kier molecular flexibility index (Phi) is 5.34. The summed E-state index contributed by atoms with van der Waals surface area (Å²) >= 11 is 6.21. The second kappa shape index (κ2) is 7.51. The van der Waals surface area contributed by atoms with E-state index in [1.807, 2.05) is 18.2 Å². The lowest BCUT2D eigenvalue weighted by molar-refractivity contribution is 0.0306. The Labute approximate surface area is 156 Å². The Morgan fingerprint density at radius 2 is 2.04 bits per heavy atom. The van der Waals surface area contributed by atoms with Gasteiger partial charge in [-0.3, -0.25) is 4.99 Å². The minimum absolute atomic E-state index is 0.00109. The molecule has 26 heavy (non-hydrogen) atoms. The van der Waals surface area contributed by atoms with E-state index in [4.69, 9.17) is 21.1 Å². The molecule has 0 spiro atoms. The van der Waals surface area contributed by atoms with E-state index >= 15 is 0 Å². The molecule has 1 fully saturated rings. The van der Waals surface area contributed by atoms with Gasteiger partial charge in [0.25, 0.3) is 0 Å². The maximum Gasteiger partial charge on any atom is 0.342 e. The van der Waals surface area contributed by atoms with E-state index in [0.29, 0.717) is 12.1 Å². The zero-order chi connectivity index (χ0) is 18.8. The number of carbonyl (C=O) groups is 1. The molecule has 3 atom stereocenters. The van der Waals surface area contributed by atoms with Crippen molar-refractivity contribution in [2.75, 3.05) is 7.05 Å². The number of halogens is 1. The van der Waals surface area contributed by atoms with Crippen LogP contribution in [-0.2, 0) is 15.9 Å². The summed E-state index contributed by atoms with van der Waals surface area (Å²) in [5.41, 5.74) is 0.831. The molecule has 3 rings (SSSR count). The molecule has 2 aliphatic rings. The molecule has 0 aliphatic carbocycles. The number of rotatable bonds is 0. The lowest BCUT2D eigenvalue weighted by Crippen LogP contribution is -2.19. The number of nitrogens with zero attached hydrogens (tertiary/aromatic N) is 1. The summed E-state index contributed by atoms with van der Waals surface area (Å²) in [7, 11) is 1.61. The first-order chi connectivity index (χ1) is 12.4. The quantitative estimate of drug-likeness (QED) is 0.535. The summed E-state index contributed by atoms with van der Waals surface area (Å²) in [5.74, 6) is -1.39. The van der Waals surface area contributed by atoms with Crippen molar-refractivity contribution in [1.29, 1.82) is 0 Å². The number of phenolic OH excluding ortho intramolecular Hbond substituents is 2. The van der Waals surface area contributed by atoms with Gasteiger partial charge in [-0.2, -0.15) is 0 Å². The van der Waals surface area contributed by atoms with E-state index in [1.165, 1.54) is 0 Å². The molecule has 6 nitrogen and oxygen atoms in total. The smallest absolute Gasteiger partial charge is 0.342 e. The van der Waals surface area contributed by atoms with Crippen LogP contribution in [0.15, 0.2) is 35.4 Å². The molecule has 1 unspecified atom stereocenters. The molecule has 2 aliphatic heterocycles. The standard InChI is InChI=1S/C19H20ClNO5/c1-10-7-16-15(26-16)6-4-3-5-11(21-2)8-12-17(19(24)25-10)13(22)9-14(23)18(12)20/h3-6,9-10,15-16,22-23H,7-8H2,1-2H3/b5-3+,6-4-,21-11-/t10-,15-,16?/m1/s1. The number of hydrogen-bond acceptors (Lipinski definition) is 6. The molecule has 1 aromatic rings. The van der Waals surface area contributed by atoms with E-state index in [2.05, 4.69) is 4.99 Å². The summed E-state index contributed by atoms with van der Waals surface area (Å²) in [4.78, 5) is 16.8. The number of phenols is 2. The summed E-state index contributed by atoms with van der Waals surface area (Å²) in [6.07, 6.45) is 7.73. The molecule has 7 heteroatoms. The molecular weight excluding hydrogens is 358 g/mol. The number of carbonyl (C=O) groups excluding carboxylic acids is 1. The molecule has 0 bridgehead atoms. The average molecular weight is 378 g/mol. The van der Waals surface area contributed by atoms with Crippen LogP contribution in [0, 0.1) is 0 Å². The van der Waals surface area contributed by atoms with E-state index in [-0.39, 0.29) is 46.3 Å². The molecule has 2 heterocycles. The Balaban J connectivity index is 2.05. The molecule has 1 saturated heterocycles. The van der Waals surface area contributed by atoms with Crippen LogP contribution in [0.5, 0.6) is 11.5 Å². The lowest BCUT2D eigenvalue weighted by Gasteiger charge is -2.17. The van der Waals surface area contributed by atoms with Crippen molar-refractivity contribution in [3.05, 3.63) is 46.5 Å². The van der Waals surface area contributed by atoms with Crippen LogP contribution in [0.3, 0.4) is 0 Å². The Hall–Kier alpha value is -2.31. The van der Waals surface area contributed by atoms with E-state index in [9.17, 15) is 15.0 Å². The molecule has 0 saturated carbocycles. The van der Waals surface area contributed by atoms with Crippen molar-refractivity contribution in [3.8, 4) is 11.5 Å². The molecule has 138 valence electrons. The summed E-state index contributed by atoms with van der Waals surface area (Å²) in [6.45, 7) is 1.77. The topological polar surface area (TPSA) is 91.7 Å². The fourth-order valence-electron chi connectivity index (χ4n) is 2.94. The highest BCUT2D eigenvalue weighted by atomic mass is 35.5. The number of ether oxygens (including phenoxy) is 2. The number of allylic oxidation sites excluding steroid dienone is 3. The normalized spacial score (nSPS) is 29.9. The molecule has 2 N–H and O–H groups in total. The summed E-state index contributed by atoms with van der Waals surface area (Å²) in [6, 6.07) is 1.04. The van der Waals surface area contributed by atoms with Crippen LogP contribution in [0.1, 0.15) is 29.3 Å². The minimum Gasteiger partial charge on any atom is -0.507 e. The van der Waals surface area contributed by atoms with Crippen molar-refractivity contribution in [1.82, 2.24) is 0 Å². The van der Waals surface area contributed by atoms with Crippen molar-refractivity contribution < 1.29 is 24.5 Å². The predicted molar refractivity (Wildman–Crippen MR) is 98.3 cm³/mol. The van der Waals surface area contributed by atoms with Crippen molar-refractivity contribution in [2.45, 2.75) is 38.1 Å². The van der Waals surface area contributed by atoms with Crippen molar-refractivity contribution >= 4 is 23.3 Å². The predicted octanol–water partition coefficient (Wildman–Crippen LogP) is 3.19. The van der Waals surface area contributed by atoms with Crippen LogP contribution in [0.2, 0.25) is 5.02 Å². The van der Waals surface area contributed by atoms with Gasteiger partial charge in [-0.05, 0) is 18.6 Å². The first kappa shape index (κ1) is 18.5. The van der Waals surface area contributed by atoms with Crippen molar-refractivity contribution in [2.24, 2.45) is 4.99 Å². The third kappa shape index (κ3) is 3.92. The molecule has 0 radical (unpaired) electrons. The van der Waals surface area contributed by atoms with Gasteiger partial charge < -0.3 is 19.7 Å². The Morgan fingerprint density at radius 3 is 2.77 bits per heavy atom. The number of epoxide rings is 1. The first-order valence-corrected chi connectivity index (χ1v) is 8.68. The number of hydrogen-bond donors (Lipinski definition) is 2. The van der Waals surface area contributed by atoms with Crippen molar-refractivity contribution in [3.63, 3.8) is 0 Å². The van der Waals surface area contributed by atoms with Crippen LogP contribution in [0.25, 0.3) is 0 Å². The van der Waals surface area contributed by atoms with E-state index in [1.54, 1.807) is 20.0 Å². The van der Waals surface area contributed by atoms with Crippen LogP contribution < -0.4 is 0 Å². The number of aliphatic imine (C=N–C) groups is 1. The van der Waals surface area contributed by atoms with Crippen LogP contribution in [0.4, 0.5) is 0 Å². The van der Waals surface area contributed by atoms with E-state index in [0.717, 1.165) is 6.07 Å². The lowest BCUT2D eigenvalue weighted by atomic mass is 9.99. The van der Waals surface area contributed by atoms with Gasteiger partial charge in [0.05, 0.1) is 11.1 Å². The zero-order valence-electron chi connectivity index (χ0n) is 14.5. The number of cyclic esters (lactones) is 1. The van der Waals surface area contributed by atoms with Crippen LogP contribution in [-0.4, -0.2) is 47.3 Å². The SMILES string of the molecule is C/N=C1/C=C/C=C\[C@H]2OC2C[C@@H](C)OC(=O)c2c(O)cc(O)c(Cl)c2C1. The summed E-state index contributed by atoms with van der Waals surface area (Å²) in [5, 5.41) is 20.2. The largest absolute Gasteiger partial charge is 0.507 e. The van der Waals surface area contributed by atoms with Gasteiger partial charge in [-0.25, -0.2) is 4.79 Å². The highest BCUT2D eigenvalue weighted by Gasteiger charge is 2.38. The summed E-state index contributed by atoms with van der Waals surface area (Å²) < 4.78 is 11.0. The second-order valence-corrected chi connectivity index (χ2v) is 6.69.